The highest BCUT2D eigenvalue weighted by molar-refractivity contribution is 5.79. The number of hydrogen-bond donors (Lipinski definition) is 2. The van der Waals surface area contributed by atoms with Crippen LogP contribution in [0.4, 0.5) is 0 Å². The predicted molar refractivity (Wildman–Crippen MR) is 87.4 cm³/mol. The molecule has 0 saturated heterocycles. The van der Waals surface area contributed by atoms with Crippen molar-refractivity contribution in [2.24, 2.45) is 11.8 Å². The minimum atomic E-state index is -0.434. The topological polar surface area (TPSA) is 49.3 Å². The number of benzene rings is 1. The fraction of sp³-hybridized carbons (Fsp3) is 0.632. The van der Waals surface area contributed by atoms with Gasteiger partial charge in [-0.25, -0.2) is 0 Å². The number of carbonyl (C=O) groups excluding carboxylic acids is 1. The number of aliphatic hydroxyl groups is 1. The van der Waals surface area contributed by atoms with Gasteiger partial charge < -0.3 is 10.4 Å². The molecule has 0 aliphatic heterocycles. The van der Waals surface area contributed by atoms with Gasteiger partial charge in [0.2, 0.25) is 5.91 Å². The van der Waals surface area contributed by atoms with E-state index in [1.165, 1.54) is 24.8 Å². The molecule has 120 valence electrons. The van der Waals surface area contributed by atoms with E-state index in [0.29, 0.717) is 5.92 Å². The third-order valence-corrected chi connectivity index (χ3v) is 5.39. The van der Waals surface area contributed by atoms with Crippen LogP contribution in [-0.2, 0) is 11.2 Å². The number of amides is 1. The average molecular weight is 301 g/mol. The molecule has 1 amide bonds. The molecule has 0 spiro atoms. The van der Waals surface area contributed by atoms with Gasteiger partial charge in [-0.1, -0.05) is 43.2 Å². The number of aliphatic hydroxyl groups excluding tert-OH is 1. The first-order valence-corrected chi connectivity index (χ1v) is 8.76. The number of hydrogen-bond acceptors (Lipinski definition) is 2. The van der Waals surface area contributed by atoms with Crippen LogP contribution < -0.4 is 5.32 Å². The number of rotatable bonds is 4. The lowest BCUT2D eigenvalue weighted by atomic mass is 9.80. The summed E-state index contributed by atoms with van der Waals surface area (Å²) in [7, 11) is 0. The zero-order valence-electron chi connectivity index (χ0n) is 13.2. The first-order chi connectivity index (χ1) is 10.7. The van der Waals surface area contributed by atoms with Gasteiger partial charge >= 0.3 is 0 Å². The molecule has 0 bridgehead atoms. The van der Waals surface area contributed by atoms with Crippen molar-refractivity contribution in [3.05, 3.63) is 35.9 Å². The second kappa shape index (κ2) is 7.28. The molecular formula is C19H27NO2. The van der Waals surface area contributed by atoms with Crippen molar-refractivity contribution in [3.8, 4) is 0 Å². The molecule has 2 fully saturated rings. The third-order valence-electron chi connectivity index (χ3n) is 5.39. The Morgan fingerprint density at radius 3 is 2.55 bits per heavy atom. The monoisotopic (exact) mass is 301 g/mol. The van der Waals surface area contributed by atoms with Crippen molar-refractivity contribution in [2.45, 2.75) is 63.5 Å². The molecule has 2 aliphatic rings. The van der Waals surface area contributed by atoms with E-state index in [1.54, 1.807) is 0 Å². The Labute approximate surface area is 133 Å². The summed E-state index contributed by atoms with van der Waals surface area (Å²) in [5.74, 6) is 0.424. The van der Waals surface area contributed by atoms with Crippen LogP contribution in [0.1, 0.15) is 50.5 Å². The highest BCUT2D eigenvalue weighted by Gasteiger charge is 2.34. The molecule has 4 unspecified atom stereocenters. The van der Waals surface area contributed by atoms with Gasteiger partial charge in [-0.3, -0.25) is 4.79 Å². The Balaban J connectivity index is 1.61. The second-order valence-electron chi connectivity index (χ2n) is 6.95. The third kappa shape index (κ3) is 3.70. The van der Waals surface area contributed by atoms with Gasteiger partial charge in [-0.15, -0.1) is 0 Å². The predicted octanol–water partition coefficient (Wildman–Crippen LogP) is 3.07. The Morgan fingerprint density at radius 1 is 1.05 bits per heavy atom. The summed E-state index contributed by atoms with van der Waals surface area (Å²) in [5.41, 5.74) is 1.36. The Morgan fingerprint density at radius 2 is 1.82 bits per heavy atom. The fourth-order valence-corrected chi connectivity index (χ4v) is 4.09. The summed E-state index contributed by atoms with van der Waals surface area (Å²) in [5, 5.41) is 13.2. The molecule has 4 atom stereocenters. The number of nitrogens with one attached hydrogen (secondary N) is 1. The van der Waals surface area contributed by atoms with Crippen LogP contribution >= 0.6 is 0 Å². The first kappa shape index (κ1) is 15.5. The van der Waals surface area contributed by atoms with Crippen molar-refractivity contribution in [1.82, 2.24) is 5.32 Å². The van der Waals surface area contributed by atoms with Gasteiger partial charge in [-0.05, 0) is 50.0 Å². The quantitative estimate of drug-likeness (QED) is 0.898. The summed E-state index contributed by atoms with van der Waals surface area (Å²) in [6.45, 7) is 0. The Kier molecular flexibility index (Phi) is 5.14. The molecule has 2 aliphatic carbocycles. The molecule has 3 heteroatoms. The molecule has 0 aromatic heterocycles. The lowest BCUT2D eigenvalue weighted by Gasteiger charge is -2.33. The van der Waals surface area contributed by atoms with Gasteiger partial charge in [0.05, 0.1) is 12.0 Å². The van der Waals surface area contributed by atoms with Crippen LogP contribution in [0.5, 0.6) is 0 Å². The highest BCUT2D eigenvalue weighted by Crippen LogP contribution is 2.30. The van der Waals surface area contributed by atoms with Gasteiger partial charge in [0.25, 0.3) is 0 Å². The molecule has 2 N–H and O–H groups in total. The van der Waals surface area contributed by atoms with Crippen LogP contribution in [0.2, 0.25) is 0 Å². The fourth-order valence-electron chi connectivity index (χ4n) is 4.09. The molecule has 1 aromatic rings. The van der Waals surface area contributed by atoms with Crippen molar-refractivity contribution in [3.63, 3.8) is 0 Å². The van der Waals surface area contributed by atoms with Gasteiger partial charge in [-0.2, -0.15) is 0 Å². The van der Waals surface area contributed by atoms with Gasteiger partial charge in [0.1, 0.15) is 0 Å². The van der Waals surface area contributed by atoms with E-state index in [4.69, 9.17) is 0 Å². The van der Waals surface area contributed by atoms with Crippen LogP contribution in [-0.4, -0.2) is 23.2 Å². The van der Waals surface area contributed by atoms with E-state index >= 15 is 0 Å². The minimum absolute atomic E-state index is 0.0787. The molecule has 1 aromatic carbocycles. The molecule has 3 rings (SSSR count). The van der Waals surface area contributed by atoms with Gasteiger partial charge in [0, 0.05) is 6.04 Å². The van der Waals surface area contributed by atoms with E-state index in [0.717, 1.165) is 32.1 Å². The molecule has 2 saturated carbocycles. The maximum absolute atomic E-state index is 12.5. The Bertz CT molecular complexity index is 487. The summed E-state index contributed by atoms with van der Waals surface area (Å²) >= 11 is 0. The lowest BCUT2D eigenvalue weighted by molar-refractivity contribution is -0.128. The standard InChI is InChI=1S/C19H27NO2/c21-18-12-6-10-16(18)19(22)20-17-11-5-4-9-15(17)13-14-7-2-1-3-8-14/h1-3,7-8,15-18,21H,4-6,9-13H2,(H,20,22). The lowest BCUT2D eigenvalue weighted by Crippen LogP contribution is -2.46. The SMILES string of the molecule is O=C(NC1CCCCC1Cc1ccccc1)C1CCCC1O. The van der Waals surface area contributed by atoms with Crippen molar-refractivity contribution in [1.29, 1.82) is 0 Å². The maximum Gasteiger partial charge on any atom is 0.225 e. The summed E-state index contributed by atoms with van der Waals surface area (Å²) in [6.07, 6.45) is 7.91. The Hall–Kier alpha value is -1.35. The molecule has 0 heterocycles. The smallest absolute Gasteiger partial charge is 0.225 e. The van der Waals surface area contributed by atoms with Crippen LogP contribution in [0, 0.1) is 11.8 Å². The zero-order valence-corrected chi connectivity index (χ0v) is 13.2. The van der Waals surface area contributed by atoms with E-state index in [9.17, 15) is 9.90 Å². The van der Waals surface area contributed by atoms with Crippen molar-refractivity contribution < 1.29 is 9.90 Å². The molecular weight excluding hydrogens is 274 g/mol. The molecule has 0 radical (unpaired) electrons. The van der Waals surface area contributed by atoms with Crippen LogP contribution in [0.15, 0.2) is 30.3 Å². The van der Waals surface area contributed by atoms with E-state index in [2.05, 4.69) is 29.6 Å². The van der Waals surface area contributed by atoms with Gasteiger partial charge in [0.15, 0.2) is 0 Å². The second-order valence-corrected chi connectivity index (χ2v) is 6.95. The molecule has 22 heavy (non-hydrogen) atoms. The van der Waals surface area contributed by atoms with E-state index in [-0.39, 0.29) is 17.9 Å². The first-order valence-electron chi connectivity index (χ1n) is 8.76. The summed E-state index contributed by atoms with van der Waals surface area (Å²) < 4.78 is 0. The van der Waals surface area contributed by atoms with E-state index < -0.39 is 6.10 Å². The summed E-state index contributed by atoms with van der Waals surface area (Å²) in [4.78, 5) is 12.5. The minimum Gasteiger partial charge on any atom is -0.392 e. The van der Waals surface area contributed by atoms with Crippen LogP contribution in [0.3, 0.4) is 0 Å². The average Bonchev–Trinajstić information content (AvgIpc) is 2.96. The number of carbonyl (C=O) groups is 1. The van der Waals surface area contributed by atoms with Crippen molar-refractivity contribution in [2.75, 3.05) is 0 Å². The van der Waals surface area contributed by atoms with Crippen LogP contribution in [0.25, 0.3) is 0 Å². The van der Waals surface area contributed by atoms with E-state index in [1.807, 2.05) is 6.07 Å². The highest BCUT2D eigenvalue weighted by atomic mass is 16.3. The largest absolute Gasteiger partial charge is 0.392 e. The normalized spacial score (nSPS) is 31.9. The maximum atomic E-state index is 12.5. The molecule has 3 nitrogen and oxygen atoms in total. The zero-order chi connectivity index (χ0) is 15.4. The van der Waals surface area contributed by atoms with Crippen molar-refractivity contribution >= 4 is 5.91 Å². The summed E-state index contributed by atoms with van der Waals surface area (Å²) in [6, 6.07) is 10.8.